The molecule has 3 rings (SSSR count). The van der Waals surface area contributed by atoms with Crippen LogP contribution in [0, 0.1) is 11.8 Å². The maximum atomic E-state index is 10.6. The molecule has 0 aromatic rings. The molecule has 26 heavy (non-hydrogen) atoms. The molecule has 3 aliphatic heterocycles. The van der Waals surface area contributed by atoms with Gasteiger partial charge in [0.05, 0.1) is 24.1 Å². The van der Waals surface area contributed by atoms with Crippen molar-refractivity contribution in [3.63, 3.8) is 0 Å². The van der Waals surface area contributed by atoms with E-state index in [0.717, 1.165) is 37.9 Å². The minimum atomic E-state index is -0.748. The largest absolute Gasteiger partial charge is 0.492 e. The van der Waals surface area contributed by atoms with Gasteiger partial charge in [-0.3, -0.25) is 4.79 Å². The SMILES string of the molecule is CCCCC[C@@H](O)C=C[C@H]1[C@H]2CC(=CCCCC(=O)O)O[C@H]3C[C@@H]1O[C@@H]23. The number of carboxylic acid groups (broad SMARTS) is 1. The van der Waals surface area contributed by atoms with E-state index < -0.39 is 5.97 Å². The monoisotopic (exact) mass is 364 g/mol. The molecule has 0 saturated carbocycles. The molecule has 0 spiro atoms. The van der Waals surface area contributed by atoms with Gasteiger partial charge in [0.25, 0.3) is 0 Å². The van der Waals surface area contributed by atoms with Crippen LogP contribution in [0.4, 0.5) is 0 Å². The van der Waals surface area contributed by atoms with Crippen LogP contribution in [0.15, 0.2) is 24.0 Å². The number of unbranched alkanes of at least 4 members (excludes halogenated alkanes) is 3. The summed E-state index contributed by atoms with van der Waals surface area (Å²) in [4.78, 5) is 10.6. The Balaban J connectivity index is 1.53. The summed E-state index contributed by atoms with van der Waals surface area (Å²) in [5, 5.41) is 18.9. The highest BCUT2D eigenvalue weighted by molar-refractivity contribution is 5.66. The van der Waals surface area contributed by atoms with E-state index in [1.165, 1.54) is 12.8 Å². The normalized spacial score (nSPS) is 35.2. The Morgan fingerprint density at radius 2 is 2.15 bits per heavy atom. The topological polar surface area (TPSA) is 76.0 Å². The molecule has 2 bridgehead atoms. The number of carboxylic acids is 1. The summed E-state index contributed by atoms with van der Waals surface area (Å²) >= 11 is 0. The fourth-order valence-corrected chi connectivity index (χ4v) is 4.54. The van der Waals surface area contributed by atoms with Gasteiger partial charge in [-0.15, -0.1) is 0 Å². The molecule has 0 aromatic heterocycles. The van der Waals surface area contributed by atoms with E-state index in [0.29, 0.717) is 18.3 Å². The Hall–Kier alpha value is -1.33. The third kappa shape index (κ3) is 4.68. The first-order chi connectivity index (χ1) is 12.6. The minimum absolute atomic E-state index is 0.142. The van der Waals surface area contributed by atoms with Crippen molar-refractivity contribution in [3.8, 4) is 0 Å². The Morgan fingerprint density at radius 1 is 1.31 bits per heavy atom. The number of hydrogen-bond acceptors (Lipinski definition) is 4. The Morgan fingerprint density at radius 3 is 2.92 bits per heavy atom. The summed E-state index contributed by atoms with van der Waals surface area (Å²) in [6, 6.07) is 0. The van der Waals surface area contributed by atoms with E-state index in [1.54, 1.807) is 0 Å². The van der Waals surface area contributed by atoms with Crippen molar-refractivity contribution >= 4 is 5.97 Å². The van der Waals surface area contributed by atoms with Crippen LogP contribution in [0.1, 0.15) is 64.7 Å². The molecule has 3 heterocycles. The van der Waals surface area contributed by atoms with Crippen molar-refractivity contribution in [2.75, 3.05) is 0 Å². The molecule has 0 unspecified atom stereocenters. The van der Waals surface area contributed by atoms with Crippen LogP contribution < -0.4 is 0 Å². The van der Waals surface area contributed by atoms with Gasteiger partial charge < -0.3 is 19.7 Å². The van der Waals surface area contributed by atoms with Crippen molar-refractivity contribution in [1.29, 1.82) is 0 Å². The molecule has 3 fully saturated rings. The van der Waals surface area contributed by atoms with Crippen molar-refractivity contribution < 1.29 is 24.5 Å². The van der Waals surface area contributed by atoms with Gasteiger partial charge in [0.15, 0.2) is 0 Å². The second-order valence-electron chi connectivity index (χ2n) is 7.88. The number of allylic oxidation sites excluding steroid dienone is 2. The number of aliphatic hydroxyl groups excluding tert-OH is 1. The molecule has 5 heteroatoms. The van der Waals surface area contributed by atoms with Crippen LogP contribution in [-0.2, 0) is 14.3 Å². The minimum Gasteiger partial charge on any atom is -0.492 e. The highest BCUT2D eigenvalue weighted by Gasteiger charge is 2.56. The standard InChI is InChI=1S/C21H32O5/c1-2-3-4-7-14(22)10-11-16-17-12-15(8-5-6-9-20(23)24)25-19-13-18(16)26-21(17)19/h8,10-11,14,16-19,21-22H,2-7,9,12-13H2,1H3,(H,23,24)/t14-,16+,17-,18+,19+,21+/m1/s1. The van der Waals surface area contributed by atoms with Gasteiger partial charge in [0.2, 0.25) is 0 Å². The molecular formula is C21H32O5. The summed E-state index contributed by atoms with van der Waals surface area (Å²) in [6.07, 6.45) is 13.9. The lowest BCUT2D eigenvalue weighted by Gasteiger charge is -2.37. The zero-order chi connectivity index (χ0) is 18.5. The van der Waals surface area contributed by atoms with Crippen molar-refractivity contribution in [3.05, 3.63) is 24.0 Å². The molecule has 3 saturated heterocycles. The Bertz CT molecular complexity index is 541. The summed E-state index contributed by atoms with van der Waals surface area (Å²) in [6.45, 7) is 2.17. The second kappa shape index (κ2) is 9.05. The van der Waals surface area contributed by atoms with Gasteiger partial charge in [-0.25, -0.2) is 0 Å². The number of hydrogen-bond donors (Lipinski definition) is 2. The predicted molar refractivity (Wildman–Crippen MR) is 98.6 cm³/mol. The number of fused-ring (bicyclic) bond motifs is 1. The maximum Gasteiger partial charge on any atom is 0.303 e. The zero-order valence-corrected chi connectivity index (χ0v) is 15.7. The molecule has 0 amide bonds. The average molecular weight is 364 g/mol. The predicted octanol–water partition coefficient (Wildman–Crippen LogP) is 3.82. The first-order valence-corrected chi connectivity index (χ1v) is 10.2. The Kier molecular flexibility index (Phi) is 6.76. The average Bonchev–Trinajstić information content (AvgIpc) is 3.16. The highest BCUT2D eigenvalue weighted by atomic mass is 16.6. The fourth-order valence-electron chi connectivity index (χ4n) is 4.54. The lowest BCUT2D eigenvalue weighted by atomic mass is 9.74. The van der Waals surface area contributed by atoms with Crippen LogP contribution in [0.5, 0.6) is 0 Å². The summed E-state index contributed by atoms with van der Waals surface area (Å²) in [7, 11) is 0. The summed E-state index contributed by atoms with van der Waals surface area (Å²) < 4.78 is 12.2. The second-order valence-corrected chi connectivity index (χ2v) is 7.88. The van der Waals surface area contributed by atoms with E-state index in [1.807, 2.05) is 6.08 Å². The smallest absolute Gasteiger partial charge is 0.303 e. The molecule has 146 valence electrons. The van der Waals surface area contributed by atoms with Crippen LogP contribution in [0.2, 0.25) is 0 Å². The van der Waals surface area contributed by atoms with Crippen molar-refractivity contribution in [1.82, 2.24) is 0 Å². The summed E-state index contributed by atoms with van der Waals surface area (Å²) in [5.41, 5.74) is 0. The number of aliphatic hydroxyl groups is 1. The van der Waals surface area contributed by atoms with Crippen LogP contribution in [-0.4, -0.2) is 40.6 Å². The van der Waals surface area contributed by atoms with Gasteiger partial charge in [-0.2, -0.15) is 0 Å². The molecule has 0 radical (unpaired) electrons. The molecular weight excluding hydrogens is 332 g/mol. The van der Waals surface area contributed by atoms with E-state index in [4.69, 9.17) is 14.6 Å². The first-order valence-electron chi connectivity index (χ1n) is 10.2. The Labute approximate surface area is 156 Å². The molecule has 5 nitrogen and oxygen atoms in total. The van der Waals surface area contributed by atoms with Crippen molar-refractivity contribution in [2.24, 2.45) is 11.8 Å². The first kappa shape index (κ1) is 19.4. The van der Waals surface area contributed by atoms with Gasteiger partial charge in [0, 0.05) is 31.1 Å². The lowest BCUT2D eigenvalue weighted by Crippen LogP contribution is -2.41. The van der Waals surface area contributed by atoms with Crippen LogP contribution in [0.25, 0.3) is 0 Å². The maximum absolute atomic E-state index is 10.6. The highest BCUT2D eigenvalue weighted by Crippen LogP contribution is 2.51. The number of carbonyl (C=O) groups is 1. The lowest BCUT2D eigenvalue weighted by molar-refractivity contribution is -0.137. The zero-order valence-electron chi connectivity index (χ0n) is 15.7. The van der Waals surface area contributed by atoms with Gasteiger partial charge >= 0.3 is 5.97 Å². The van der Waals surface area contributed by atoms with E-state index in [9.17, 15) is 9.90 Å². The summed E-state index contributed by atoms with van der Waals surface area (Å²) in [5.74, 6) is 1.01. The van der Waals surface area contributed by atoms with Gasteiger partial charge in [-0.05, 0) is 25.3 Å². The van der Waals surface area contributed by atoms with E-state index in [2.05, 4.69) is 19.1 Å². The number of rotatable bonds is 10. The van der Waals surface area contributed by atoms with E-state index >= 15 is 0 Å². The van der Waals surface area contributed by atoms with Crippen LogP contribution >= 0.6 is 0 Å². The van der Waals surface area contributed by atoms with Crippen LogP contribution in [0.3, 0.4) is 0 Å². The molecule has 0 aromatic carbocycles. The van der Waals surface area contributed by atoms with Gasteiger partial charge in [-0.1, -0.05) is 38.3 Å². The molecule has 3 aliphatic rings. The van der Waals surface area contributed by atoms with Crippen molar-refractivity contribution in [2.45, 2.75) is 89.1 Å². The third-order valence-corrected chi connectivity index (χ3v) is 5.87. The number of aliphatic carboxylic acids is 1. The molecule has 6 atom stereocenters. The third-order valence-electron chi connectivity index (χ3n) is 5.87. The van der Waals surface area contributed by atoms with E-state index in [-0.39, 0.29) is 30.8 Å². The van der Waals surface area contributed by atoms with Gasteiger partial charge in [0.1, 0.15) is 6.10 Å². The molecule has 2 N–H and O–H groups in total. The quantitative estimate of drug-likeness (QED) is 0.455. The molecule has 0 aliphatic carbocycles. The fraction of sp³-hybridized carbons (Fsp3) is 0.762. The number of ether oxygens (including phenoxy) is 2.